The van der Waals surface area contributed by atoms with Crippen LogP contribution in [0.3, 0.4) is 0 Å². The van der Waals surface area contributed by atoms with Crippen molar-refractivity contribution in [2.45, 2.75) is 37.6 Å². The number of aliphatic hydroxyl groups is 5. The van der Waals surface area contributed by atoms with Gasteiger partial charge < -0.3 is 35.0 Å². The van der Waals surface area contributed by atoms with Gasteiger partial charge in [-0.1, -0.05) is 0 Å². The minimum atomic E-state index is -1.60. The van der Waals surface area contributed by atoms with Gasteiger partial charge in [0.1, 0.15) is 0 Å². The third-order valence-electron chi connectivity index (χ3n) is 2.46. The maximum Gasteiger partial charge on any atom is 0.342 e. The minimum Gasteiger partial charge on any atom is -0.464 e. The second-order valence-electron chi connectivity index (χ2n) is 4.27. The van der Waals surface area contributed by atoms with Crippen LogP contribution < -0.4 is 0 Å². The Hall–Kier alpha value is -1.59. The largest absolute Gasteiger partial charge is 0.464 e. The Balaban J connectivity index is 0.000000518. The molecule has 0 aromatic carbocycles. The van der Waals surface area contributed by atoms with Crippen molar-refractivity contribution in [1.29, 1.82) is 0 Å². The first kappa shape index (κ1) is 20.4. The van der Waals surface area contributed by atoms with Crippen molar-refractivity contribution in [2.75, 3.05) is 19.8 Å². The van der Waals surface area contributed by atoms with Crippen LogP contribution in [0.5, 0.6) is 0 Å². The lowest BCUT2D eigenvalue weighted by molar-refractivity contribution is -0.172. The number of aliphatic hydroxyl groups excluding tert-OH is 5. The molecule has 0 aromatic rings. The summed E-state index contributed by atoms with van der Waals surface area (Å²) in [5, 5.41) is 43.2. The number of hydrogen-bond donors (Lipinski definition) is 5. The molecule has 0 radical (unpaired) electrons. The van der Waals surface area contributed by atoms with Crippen LogP contribution in [0.25, 0.3) is 0 Å². The lowest BCUT2D eigenvalue weighted by atomic mass is 10.2. The summed E-state index contributed by atoms with van der Waals surface area (Å²) in [5.74, 6) is -2.95. The molecule has 1 aliphatic rings. The van der Waals surface area contributed by atoms with Gasteiger partial charge in [-0.25, -0.2) is 14.4 Å². The quantitative estimate of drug-likeness (QED) is 0.248. The van der Waals surface area contributed by atoms with E-state index in [-0.39, 0.29) is 12.8 Å². The van der Waals surface area contributed by atoms with Crippen LogP contribution in [0.15, 0.2) is 0 Å². The Morgan fingerprint density at radius 2 is 1.59 bits per heavy atom. The molecule has 0 aromatic heterocycles. The topological polar surface area (TPSA) is 171 Å². The van der Waals surface area contributed by atoms with Crippen molar-refractivity contribution in [3.8, 4) is 0 Å². The molecule has 1 fully saturated rings. The van der Waals surface area contributed by atoms with Gasteiger partial charge in [-0.05, 0) is 0 Å². The zero-order chi connectivity index (χ0) is 17.1. The minimum absolute atomic E-state index is 0.248. The fourth-order valence-electron chi connectivity index (χ4n) is 1.20. The van der Waals surface area contributed by atoms with E-state index in [2.05, 4.69) is 9.47 Å². The maximum atomic E-state index is 10.9. The molecule has 22 heavy (non-hydrogen) atoms. The summed E-state index contributed by atoms with van der Waals surface area (Å²) >= 11 is 0. The smallest absolute Gasteiger partial charge is 0.342 e. The molecule has 1 heterocycles. The van der Waals surface area contributed by atoms with Crippen LogP contribution in [-0.2, 0) is 23.9 Å². The first-order valence-corrected chi connectivity index (χ1v) is 6.51. The Morgan fingerprint density at radius 3 is 1.82 bits per heavy atom. The average molecular weight is 324 g/mol. The number of esters is 3. The summed E-state index contributed by atoms with van der Waals surface area (Å²) in [4.78, 5) is 31.9. The molecule has 1 saturated heterocycles. The van der Waals surface area contributed by atoms with Gasteiger partial charge >= 0.3 is 17.9 Å². The van der Waals surface area contributed by atoms with Gasteiger partial charge in [0.15, 0.2) is 18.3 Å². The molecule has 0 spiro atoms. The van der Waals surface area contributed by atoms with E-state index in [0.717, 1.165) is 0 Å². The number of ether oxygens (including phenoxy) is 2. The fraction of sp³-hybridized carbons (Fsp3) is 0.750. The van der Waals surface area contributed by atoms with Gasteiger partial charge in [0.05, 0.1) is 6.61 Å². The molecule has 1 rings (SSSR count). The molecule has 0 amide bonds. The van der Waals surface area contributed by atoms with E-state index < -0.39 is 49.4 Å². The van der Waals surface area contributed by atoms with E-state index in [1.165, 1.54) is 0 Å². The first-order chi connectivity index (χ1) is 10.3. The van der Waals surface area contributed by atoms with Crippen LogP contribution in [0, 0.1) is 0 Å². The molecule has 3 atom stereocenters. The number of cyclic esters (lactones) is 1. The van der Waals surface area contributed by atoms with Gasteiger partial charge in [-0.15, -0.1) is 0 Å². The van der Waals surface area contributed by atoms with E-state index in [0.29, 0.717) is 13.0 Å². The molecule has 0 aliphatic carbocycles. The average Bonchev–Trinajstić information content (AvgIpc) is 2.84. The third-order valence-corrected chi connectivity index (χ3v) is 2.46. The van der Waals surface area contributed by atoms with E-state index in [1.54, 1.807) is 0 Å². The number of hydrogen-bond acceptors (Lipinski definition) is 10. The Morgan fingerprint density at radius 1 is 1.14 bits per heavy atom. The van der Waals surface area contributed by atoms with E-state index in [9.17, 15) is 14.4 Å². The lowest BCUT2D eigenvalue weighted by Gasteiger charge is -2.10. The van der Waals surface area contributed by atoms with Crippen molar-refractivity contribution in [2.24, 2.45) is 0 Å². The molecule has 3 unspecified atom stereocenters. The van der Waals surface area contributed by atoms with Gasteiger partial charge in [0, 0.05) is 32.5 Å². The first-order valence-electron chi connectivity index (χ1n) is 6.51. The molecule has 0 bridgehead atoms. The molecular weight excluding hydrogens is 304 g/mol. The van der Waals surface area contributed by atoms with Crippen LogP contribution in [0.1, 0.15) is 19.3 Å². The normalized spacial score (nSPS) is 19.5. The monoisotopic (exact) mass is 324 g/mol. The van der Waals surface area contributed by atoms with Crippen molar-refractivity contribution >= 4 is 17.9 Å². The van der Waals surface area contributed by atoms with E-state index in [1.807, 2.05) is 0 Å². The molecular formula is C12H20O10. The molecule has 5 N–H and O–H groups in total. The van der Waals surface area contributed by atoms with Gasteiger partial charge in [-0.2, -0.15) is 0 Å². The van der Waals surface area contributed by atoms with Crippen LogP contribution in [0.4, 0.5) is 0 Å². The molecule has 10 heteroatoms. The molecule has 128 valence electrons. The highest BCUT2D eigenvalue weighted by Crippen LogP contribution is 2.03. The Bertz CT molecular complexity index is 347. The van der Waals surface area contributed by atoms with Gasteiger partial charge in [0.2, 0.25) is 0 Å². The second kappa shape index (κ2) is 11.0. The summed E-state index contributed by atoms with van der Waals surface area (Å²) in [5.41, 5.74) is 0. The van der Waals surface area contributed by atoms with Gasteiger partial charge in [-0.3, -0.25) is 0 Å². The SMILES string of the molecule is O=C(OC(=O)C(O)CCO)C(O)CCO.O=C1OCCC1O. The second-order valence-corrected chi connectivity index (χ2v) is 4.27. The van der Waals surface area contributed by atoms with Crippen molar-refractivity contribution in [3.63, 3.8) is 0 Å². The van der Waals surface area contributed by atoms with Gasteiger partial charge in [0.25, 0.3) is 0 Å². The molecule has 0 saturated carbocycles. The van der Waals surface area contributed by atoms with E-state index in [4.69, 9.17) is 25.5 Å². The highest BCUT2D eigenvalue weighted by atomic mass is 16.6. The van der Waals surface area contributed by atoms with Crippen LogP contribution in [-0.4, -0.2) is 81.6 Å². The zero-order valence-electron chi connectivity index (χ0n) is 11.8. The highest BCUT2D eigenvalue weighted by molar-refractivity contribution is 5.89. The summed E-state index contributed by atoms with van der Waals surface area (Å²) < 4.78 is 8.46. The van der Waals surface area contributed by atoms with Crippen LogP contribution in [0.2, 0.25) is 0 Å². The van der Waals surface area contributed by atoms with E-state index >= 15 is 0 Å². The Labute approximate surface area is 125 Å². The zero-order valence-corrected chi connectivity index (χ0v) is 11.8. The fourth-order valence-corrected chi connectivity index (χ4v) is 1.20. The summed E-state index contributed by atoms with van der Waals surface area (Å²) in [6.07, 6.45) is -4.08. The summed E-state index contributed by atoms with van der Waals surface area (Å²) in [6.45, 7) is -0.479. The number of carbonyl (C=O) groups excluding carboxylic acids is 3. The number of carbonyl (C=O) groups is 3. The maximum absolute atomic E-state index is 10.9. The Kier molecular flexibility index (Phi) is 10.2. The summed E-state index contributed by atoms with van der Waals surface area (Å²) in [6, 6.07) is 0. The summed E-state index contributed by atoms with van der Waals surface area (Å²) in [7, 11) is 0. The molecule has 1 aliphatic heterocycles. The molecule has 10 nitrogen and oxygen atoms in total. The number of rotatable bonds is 6. The predicted octanol–water partition coefficient (Wildman–Crippen LogP) is -3.16. The highest BCUT2D eigenvalue weighted by Gasteiger charge is 2.24. The van der Waals surface area contributed by atoms with Crippen molar-refractivity contribution in [3.05, 3.63) is 0 Å². The lowest BCUT2D eigenvalue weighted by Crippen LogP contribution is -2.32. The predicted molar refractivity (Wildman–Crippen MR) is 68.1 cm³/mol. The van der Waals surface area contributed by atoms with Crippen molar-refractivity contribution < 1.29 is 49.4 Å². The van der Waals surface area contributed by atoms with Crippen LogP contribution >= 0.6 is 0 Å². The standard InChI is InChI=1S/C8H14O7.C4H6O3/c9-3-1-5(11)7(13)15-8(14)6(12)2-4-10;5-3-1-2-7-4(3)6/h5-6,9-12H,1-4H2;3,5H,1-2H2. The third kappa shape index (κ3) is 8.00. The van der Waals surface area contributed by atoms with Crippen molar-refractivity contribution in [1.82, 2.24) is 0 Å².